The third-order valence-corrected chi connectivity index (χ3v) is 11.8. The van der Waals surface area contributed by atoms with Gasteiger partial charge in [-0.1, -0.05) is 122 Å². The molecule has 0 amide bonds. The summed E-state index contributed by atoms with van der Waals surface area (Å²) in [6, 6.07) is 57.6. The second-order valence-electron chi connectivity index (χ2n) is 16.0. The van der Waals surface area contributed by atoms with Gasteiger partial charge in [0.15, 0.2) is 0 Å². The normalized spacial score (nSPS) is 13.9. The zero-order valence-corrected chi connectivity index (χ0v) is 32.2. The van der Waals surface area contributed by atoms with Crippen molar-refractivity contribution < 1.29 is 0 Å². The number of hydrogen-bond donors (Lipinski definition) is 0. The van der Waals surface area contributed by atoms with Crippen molar-refractivity contribution in [3.63, 3.8) is 0 Å². The zero-order valence-electron chi connectivity index (χ0n) is 32.2. The lowest BCUT2D eigenvalue weighted by molar-refractivity contribution is 0.660. The van der Waals surface area contributed by atoms with Crippen molar-refractivity contribution in [1.29, 1.82) is 0 Å². The van der Waals surface area contributed by atoms with Crippen LogP contribution in [-0.4, -0.2) is 0 Å². The van der Waals surface area contributed by atoms with E-state index in [0.717, 1.165) is 25.7 Å². The van der Waals surface area contributed by atoms with Crippen LogP contribution in [0.1, 0.15) is 63.9 Å². The molecule has 0 N–H and O–H groups in total. The molecule has 2 heteroatoms. The van der Waals surface area contributed by atoms with Gasteiger partial charge in [-0.25, -0.2) is 0 Å². The first-order chi connectivity index (χ1) is 26.2. The molecule has 0 aromatic heterocycles. The van der Waals surface area contributed by atoms with E-state index in [4.69, 9.17) is 0 Å². The third-order valence-electron chi connectivity index (χ3n) is 11.8. The van der Waals surface area contributed by atoms with E-state index in [1.54, 1.807) is 0 Å². The molecule has 0 saturated carbocycles. The standard InChI is InChI=1S/C52H48N2/c1-35-10-24-42(25-11-35)53(43-26-12-36(2)13-27-43)50-32-38-16-20-40(50)21-17-39-19-23-41(22-18-38)51(33-39)54(44-28-14-37(3)15-29-44)45-30-31-47-46-8-6-7-9-48(46)52(4,5)49(47)34-45/h6-16,19-20,23-34H,17-18,21-22H2,1-5H3. The van der Waals surface area contributed by atoms with Crippen LogP contribution in [0.2, 0.25) is 0 Å². The molecule has 7 aromatic carbocycles. The zero-order chi connectivity index (χ0) is 37.0. The van der Waals surface area contributed by atoms with E-state index in [1.807, 2.05) is 0 Å². The maximum Gasteiger partial charge on any atom is 0.0496 e. The van der Waals surface area contributed by atoms with Gasteiger partial charge < -0.3 is 9.80 Å². The summed E-state index contributed by atoms with van der Waals surface area (Å²) < 4.78 is 0. The van der Waals surface area contributed by atoms with E-state index in [2.05, 4.69) is 196 Å². The monoisotopic (exact) mass is 700 g/mol. The molecule has 0 fully saturated rings. The van der Waals surface area contributed by atoms with Crippen LogP contribution in [0.15, 0.2) is 152 Å². The van der Waals surface area contributed by atoms with Crippen molar-refractivity contribution >= 4 is 34.1 Å². The van der Waals surface area contributed by atoms with Crippen LogP contribution in [0.3, 0.4) is 0 Å². The van der Waals surface area contributed by atoms with Gasteiger partial charge in [0.1, 0.15) is 0 Å². The molecule has 4 bridgehead atoms. The van der Waals surface area contributed by atoms with E-state index in [9.17, 15) is 0 Å². The van der Waals surface area contributed by atoms with Crippen molar-refractivity contribution in [3.8, 4) is 11.1 Å². The fourth-order valence-corrected chi connectivity index (χ4v) is 8.69. The van der Waals surface area contributed by atoms with Gasteiger partial charge in [0, 0.05) is 39.5 Å². The predicted molar refractivity (Wildman–Crippen MR) is 229 cm³/mol. The summed E-state index contributed by atoms with van der Waals surface area (Å²) in [7, 11) is 0. The molecule has 0 unspecified atom stereocenters. The second kappa shape index (κ2) is 13.5. The highest BCUT2D eigenvalue weighted by Gasteiger charge is 2.36. The number of aryl methyl sites for hydroxylation is 7. The number of benzene rings is 7. The highest BCUT2D eigenvalue weighted by molar-refractivity contribution is 5.86. The molecule has 12 rings (SSSR count). The van der Waals surface area contributed by atoms with Crippen molar-refractivity contribution in [2.75, 3.05) is 9.80 Å². The molecule has 266 valence electrons. The summed E-state index contributed by atoms with van der Waals surface area (Å²) >= 11 is 0. The molecule has 5 aliphatic carbocycles. The average Bonchev–Trinajstić information content (AvgIpc) is 3.41. The fraction of sp³-hybridized carbons (Fsp3) is 0.192. The van der Waals surface area contributed by atoms with Gasteiger partial charge in [-0.05, 0) is 152 Å². The van der Waals surface area contributed by atoms with E-state index in [1.165, 1.54) is 95.3 Å². The topological polar surface area (TPSA) is 6.48 Å². The van der Waals surface area contributed by atoms with Crippen molar-refractivity contribution in [2.45, 2.75) is 65.7 Å². The largest absolute Gasteiger partial charge is 0.310 e. The molecule has 2 nitrogen and oxygen atoms in total. The number of fused-ring (bicyclic) bond motifs is 3. The highest BCUT2D eigenvalue weighted by Crippen LogP contribution is 2.51. The van der Waals surface area contributed by atoms with Crippen LogP contribution in [0.4, 0.5) is 34.1 Å². The minimum absolute atomic E-state index is 0.0723. The van der Waals surface area contributed by atoms with Gasteiger partial charge in [-0.15, -0.1) is 0 Å². The second-order valence-corrected chi connectivity index (χ2v) is 16.0. The lowest BCUT2D eigenvalue weighted by Gasteiger charge is -2.31. The van der Waals surface area contributed by atoms with Gasteiger partial charge in [-0.2, -0.15) is 0 Å². The first kappa shape index (κ1) is 33.9. The number of anilines is 6. The Labute approximate surface area is 321 Å². The summed E-state index contributed by atoms with van der Waals surface area (Å²) in [5.74, 6) is 0. The van der Waals surface area contributed by atoms with Gasteiger partial charge in [0.25, 0.3) is 0 Å². The summed E-state index contributed by atoms with van der Waals surface area (Å²) in [5, 5.41) is 0. The Balaban J connectivity index is 1.14. The highest BCUT2D eigenvalue weighted by atomic mass is 15.2. The van der Waals surface area contributed by atoms with Crippen LogP contribution in [0.5, 0.6) is 0 Å². The molecule has 5 aliphatic rings. The van der Waals surface area contributed by atoms with E-state index in [-0.39, 0.29) is 5.41 Å². The minimum atomic E-state index is -0.0723. The third kappa shape index (κ3) is 6.10. The Morgan fingerprint density at radius 2 is 0.815 bits per heavy atom. The molecular formula is C52H48N2. The number of rotatable bonds is 6. The molecule has 0 atom stereocenters. The minimum Gasteiger partial charge on any atom is -0.310 e. The molecule has 0 heterocycles. The maximum absolute atomic E-state index is 2.52. The Morgan fingerprint density at radius 1 is 0.389 bits per heavy atom. The van der Waals surface area contributed by atoms with Crippen molar-refractivity contribution in [1.82, 2.24) is 0 Å². The van der Waals surface area contributed by atoms with Crippen LogP contribution >= 0.6 is 0 Å². The number of nitrogens with zero attached hydrogens (tertiary/aromatic N) is 2. The van der Waals surface area contributed by atoms with Crippen molar-refractivity contribution in [2.24, 2.45) is 0 Å². The van der Waals surface area contributed by atoms with E-state index in [0.29, 0.717) is 0 Å². The van der Waals surface area contributed by atoms with Gasteiger partial charge >= 0.3 is 0 Å². The lowest BCUT2D eigenvalue weighted by atomic mass is 9.82. The quantitative estimate of drug-likeness (QED) is 0.170. The molecule has 0 radical (unpaired) electrons. The van der Waals surface area contributed by atoms with E-state index < -0.39 is 0 Å². The fourth-order valence-electron chi connectivity index (χ4n) is 8.69. The van der Waals surface area contributed by atoms with Crippen LogP contribution in [-0.2, 0) is 31.1 Å². The molecule has 0 aliphatic heterocycles. The van der Waals surface area contributed by atoms with Crippen molar-refractivity contribution in [3.05, 3.63) is 202 Å². The molecular weight excluding hydrogens is 653 g/mol. The van der Waals surface area contributed by atoms with Crippen LogP contribution in [0, 0.1) is 20.8 Å². The lowest BCUT2D eigenvalue weighted by Crippen LogP contribution is -2.17. The van der Waals surface area contributed by atoms with Gasteiger partial charge in [-0.3, -0.25) is 0 Å². The molecule has 0 saturated heterocycles. The average molecular weight is 701 g/mol. The Kier molecular flexibility index (Phi) is 8.50. The summed E-state index contributed by atoms with van der Waals surface area (Å²) in [4.78, 5) is 4.98. The van der Waals surface area contributed by atoms with Crippen LogP contribution in [0.25, 0.3) is 11.1 Å². The Morgan fingerprint density at radius 3 is 1.31 bits per heavy atom. The first-order valence-electron chi connectivity index (χ1n) is 19.5. The maximum atomic E-state index is 2.52. The SMILES string of the molecule is Cc1ccc(N(c2ccc(C)cc2)c2cc3ccc2CCc2ccc(c(N(c4ccc(C)cc4)c4ccc5c(c4)C(C)(C)c4ccccc4-5)c2)CC3)cc1. The predicted octanol–water partition coefficient (Wildman–Crippen LogP) is 13.7. The Hall–Kier alpha value is -5.86. The van der Waals surface area contributed by atoms with Gasteiger partial charge in [0.2, 0.25) is 0 Å². The summed E-state index contributed by atoms with van der Waals surface area (Å²) in [6.07, 6.45) is 3.78. The molecule has 54 heavy (non-hydrogen) atoms. The van der Waals surface area contributed by atoms with Gasteiger partial charge in [0.05, 0.1) is 0 Å². The van der Waals surface area contributed by atoms with E-state index >= 15 is 0 Å². The number of hydrogen-bond acceptors (Lipinski definition) is 2. The summed E-state index contributed by atoms with van der Waals surface area (Å²) in [5.41, 5.74) is 22.0. The Bertz CT molecular complexity index is 2440. The molecule has 7 aromatic rings. The van der Waals surface area contributed by atoms with Crippen LogP contribution < -0.4 is 9.80 Å². The summed E-state index contributed by atoms with van der Waals surface area (Å²) in [6.45, 7) is 11.2. The smallest absolute Gasteiger partial charge is 0.0496 e. The first-order valence-corrected chi connectivity index (χ1v) is 19.5. The molecule has 0 spiro atoms.